The SMILES string of the molecule is CC1CC(C)(C)CC1Nc1ccc2c(c1)CCN2C(=O)OC(C)(C)C. The maximum atomic E-state index is 12.4. The fourth-order valence-corrected chi connectivity index (χ4v) is 4.30. The first-order valence-electron chi connectivity index (χ1n) is 9.44. The molecule has 2 unspecified atom stereocenters. The predicted octanol–water partition coefficient (Wildman–Crippen LogP) is 5.22. The molecule has 0 spiro atoms. The number of hydrogen-bond donors (Lipinski definition) is 1. The molecule has 0 bridgehead atoms. The van der Waals surface area contributed by atoms with Crippen LogP contribution >= 0.6 is 0 Å². The molecule has 138 valence electrons. The maximum absolute atomic E-state index is 12.4. The van der Waals surface area contributed by atoms with Gasteiger partial charge >= 0.3 is 6.09 Å². The minimum absolute atomic E-state index is 0.252. The Morgan fingerprint density at radius 3 is 2.60 bits per heavy atom. The molecule has 4 heteroatoms. The zero-order valence-corrected chi connectivity index (χ0v) is 16.5. The molecular formula is C21H32N2O2. The zero-order chi connectivity index (χ0) is 18.4. The van der Waals surface area contributed by atoms with Crippen LogP contribution < -0.4 is 10.2 Å². The monoisotopic (exact) mass is 344 g/mol. The molecule has 0 radical (unpaired) electrons. The molecule has 1 aliphatic heterocycles. The van der Waals surface area contributed by atoms with Crippen molar-refractivity contribution in [1.29, 1.82) is 0 Å². The number of carbonyl (C=O) groups is 1. The summed E-state index contributed by atoms with van der Waals surface area (Å²) in [7, 11) is 0. The highest BCUT2D eigenvalue weighted by Crippen LogP contribution is 2.42. The summed E-state index contributed by atoms with van der Waals surface area (Å²) in [6.07, 6.45) is 3.10. The van der Waals surface area contributed by atoms with Gasteiger partial charge in [0.15, 0.2) is 0 Å². The summed E-state index contributed by atoms with van der Waals surface area (Å²) in [5, 5.41) is 3.72. The number of ether oxygens (including phenoxy) is 1. The van der Waals surface area contributed by atoms with E-state index in [4.69, 9.17) is 4.74 Å². The van der Waals surface area contributed by atoms with Crippen LogP contribution in [0.4, 0.5) is 16.2 Å². The van der Waals surface area contributed by atoms with Crippen molar-refractivity contribution in [3.63, 3.8) is 0 Å². The van der Waals surface area contributed by atoms with Gasteiger partial charge < -0.3 is 10.1 Å². The van der Waals surface area contributed by atoms with Crippen molar-refractivity contribution < 1.29 is 9.53 Å². The average Bonchev–Trinajstić information content (AvgIpc) is 2.97. The largest absolute Gasteiger partial charge is 0.443 e. The Labute approximate surface area is 151 Å². The van der Waals surface area contributed by atoms with E-state index in [1.807, 2.05) is 20.8 Å². The summed E-state index contributed by atoms with van der Waals surface area (Å²) in [5.74, 6) is 0.682. The summed E-state index contributed by atoms with van der Waals surface area (Å²) in [4.78, 5) is 14.1. The topological polar surface area (TPSA) is 41.6 Å². The molecular weight excluding hydrogens is 312 g/mol. The van der Waals surface area contributed by atoms with Gasteiger partial charge in [0.2, 0.25) is 0 Å². The van der Waals surface area contributed by atoms with Gasteiger partial charge in [0.05, 0.1) is 5.69 Å². The van der Waals surface area contributed by atoms with E-state index in [1.54, 1.807) is 4.90 Å². The fraction of sp³-hybridized carbons (Fsp3) is 0.667. The molecule has 1 aliphatic carbocycles. The van der Waals surface area contributed by atoms with E-state index in [2.05, 4.69) is 44.3 Å². The van der Waals surface area contributed by atoms with Crippen LogP contribution in [-0.2, 0) is 11.2 Å². The quantitative estimate of drug-likeness (QED) is 0.799. The number of amides is 1. The predicted molar refractivity (Wildman–Crippen MR) is 103 cm³/mol. The summed E-state index contributed by atoms with van der Waals surface area (Å²) in [6.45, 7) is 13.4. The first-order valence-corrected chi connectivity index (χ1v) is 9.44. The van der Waals surface area contributed by atoms with Crippen LogP contribution in [0.1, 0.15) is 59.9 Å². The third kappa shape index (κ3) is 4.10. The van der Waals surface area contributed by atoms with Crippen LogP contribution in [0.5, 0.6) is 0 Å². The number of nitrogens with zero attached hydrogens (tertiary/aromatic N) is 1. The van der Waals surface area contributed by atoms with E-state index in [1.165, 1.54) is 24.1 Å². The van der Waals surface area contributed by atoms with Crippen molar-refractivity contribution in [3.8, 4) is 0 Å². The first-order chi connectivity index (χ1) is 11.5. The summed E-state index contributed by atoms with van der Waals surface area (Å²) < 4.78 is 5.52. The molecule has 0 saturated heterocycles. The van der Waals surface area contributed by atoms with Gasteiger partial charge in [-0.1, -0.05) is 20.8 Å². The second-order valence-electron chi connectivity index (χ2n) is 9.53. The van der Waals surface area contributed by atoms with Gasteiger partial charge in [0, 0.05) is 18.3 Å². The van der Waals surface area contributed by atoms with Gasteiger partial charge in [-0.3, -0.25) is 4.90 Å². The highest BCUT2D eigenvalue weighted by Gasteiger charge is 2.36. The molecule has 1 amide bonds. The number of benzene rings is 1. The van der Waals surface area contributed by atoms with Crippen molar-refractivity contribution in [1.82, 2.24) is 0 Å². The lowest BCUT2D eigenvalue weighted by molar-refractivity contribution is 0.0584. The minimum Gasteiger partial charge on any atom is -0.443 e. The smallest absolute Gasteiger partial charge is 0.414 e. The van der Waals surface area contributed by atoms with Crippen LogP contribution in [-0.4, -0.2) is 24.3 Å². The van der Waals surface area contributed by atoms with E-state index < -0.39 is 5.60 Å². The van der Waals surface area contributed by atoms with E-state index in [0.29, 0.717) is 23.9 Å². The molecule has 3 rings (SSSR count). The molecule has 0 aromatic heterocycles. The molecule has 1 aromatic carbocycles. The van der Waals surface area contributed by atoms with Crippen LogP contribution in [0, 0.1) is 11.3 Å². The number of rotatable bonds is 2. The zero-order valence-electron chi connectivity index (χ0n) is 16.5. The molecule has 1 fully saturated rings. The number of hydrogen-bond acceptors (Lipinski definition) is 3. The Morgan fingerprint density at radius 1 is 1.28 bits per heavy atom. The Bertz CT molecular complexity index is 660. The molecule has 2 atom stereocenters. The molecule has 25 heavy (non-hydrogen) atoms. The minimum atomic E-state index is -0.466. The van der Waals surface area contributed by atoms with Crippen LogP contribution in [0.3, 0.4) is 0 Å². The summed E-state index contributed by atoms with van der Waals surface area (Å²) >= 11 is 0. The Hall–Kier alpha value is -1.71. The Morgan fingerprint density at radius 2 is 2.00 bits per heavy atom. The third-order valence-corrected chi connectivity index (χ3v) is 5.27. The average molecular weight is 344 g/mol. The van der Waals surface area contributed by atoms with E-state index in [9.17, 15) is 4.79 Å². The second-order valence-corrected chi connectivity index (χ2v) is 9.53. The van der Waals surface area contributed by atoms with Crippen LogP contribution in [0.2, 0.25) is 0 Å². The lowest BCUT2D eigenvalue weighted by atomic mass is 9.91. The molecule has 2 aliphatic rings. The van der Waals surface area contributed by atoms with Gasteiger partial charge in [-0.05, 0) is 75.1 Å². The number of nitrogens with one attached hydrogen (secondary N) is 1. The van der Waals surface area contributed by atoms with Gasteiger partial charge in [0.25, 0.3) is 0 Å². The van der Waals surface area contributed by atoms with Crippen LogP contribution in [0.15, 0.2) is 18.2 Å². The molecule has 1 saturated carbocycles. The van der Waals surface area contributed by atoms with E-state index in [0.717, 1.165) is 12.1 Å². The van der Waals surface area contributed by atoms with Crippen molar-refractivity contribution in [2.24, 2.45) is 11.3 Å². The van der Waals surface area contributed by atoms with Gasteiger partial charge in [-0.15, -0.1) is 0 Å². The highest BCUT2D eigenvalue weighted by atomic mass is 16.6. The molecule has 4 nitrogen and oxygen atoms in total. The normalized spacial score (nSPS) is 25.0. The Kier molecular flexibility index (Phi) is 4.50. The first kappa shape index (κ1) is 18.1. The molecule has 1 aromatic rings. The fourth-order valence-electron chi connectivity index (χ4n) is 4.30. The molecule has 1 heterocycles. The summed E-state index contributed by atoms with van der Waals surface area (Å²) in [5.41, 5.74) is 3.33. The van der Waals surface area contributed by atoms with Crippen molar-refractivity contribution in [3.05, 3.63) is 23.8 Å². The van der Waals surface area contributed by atoms with Crippen LogP contribution in [0.25, 0.3) is 0 Å². The lowest BCUT2D eigenvalue weighted by Gasteiger charge is -2.25. The number of carbonyl (C=O) groups excluding carboxylic acids is 1. The number of anilines is 2. The van der Waals surface area contributed by atoms with Gasteiger partial charge in [-0.25, -0.2) is 4.79 Å². The van der Waals surface area contributed by atoms with Gasteiger partial charge in [0.1, 0.15) is 5.60 Å². The second kappa shape index (κ2) is 6.22. The lowest BCUT2D eigenvalue weighted by Crippen LogP contribution is -2.35. The van der Waals surface area contributed by atoms with Gasteiger partial charge in [-0.2, -0.15) is 0 Å². The van der Waals surface area contributed by atoms with Crippen molar-refractivity contribution in [2.45, 2.75) is 72.4 Å². The van der Waals surface area contributed by atoms with Crippen molar-refractivity contribution in [2.75, 3.05) is 16.8 Å². The highest BCUT2D eigenvalue weighted by molar-refractivity contribution is 5.91. The van der Waals surface area contributed by atoms with E-state index in [-0.39, 0.29) is 6.09 Å². The third-order valence-electron chi connectivity index (χ3n) is 5.27. The van der Waals surface area contributed by atoms with Crippen molar-refractivity contribution >= 4 is 17.5 Å². The Balaban J connectivity index is 1.71. The standard InChI is InChI=1S/C21H32N2O2/c1-14-12-21(5,6)13-17(14)22-16-7-8-18-15(11-16)9-10-23(18)19(24)25-20(2,3)4/h7-8,11,14,17,22H,9-10,12-13H2,1-6H3. The number of fused-ring (bicyclic) bond motifs is 1. The maximum Gasteiger partial charge on any atom is 0.414 e. The van der Waals surface area contributed by atoms with E-state index >= 15 is 0 Å². The summed E-state index contributed by atoms with van der Waals surface area (Å²) in [6, 6.07) is 6.88. The molecule has 1 N–H and O–H groups in total.